The zero-order chi connectivity index (χ0) is 39.9. The molecule has 0 fully saturated rings. The van der Waals surface area contributed by atoms with E-state index in [1.165, 1.54) is 66.8 Å². The van der Waals surface area contributed by atoms with E-state index in [9.17, 15) is 14.7 Å². The van der Waals surface area contributed by atoms with Gasteiger partial charge in [0.15, 0.2) is 0 Å². The normalized spacial score (nSPS) is 10.6. The highest BCUT2D eigenvalue weighted by Gasteiger charge is 2.14. The molecule has 0 aliphatic carbocycles. The Morgan fingerprint density at radius 2 is 1.04 bits per heavy atom. The summed E-state index contributed by atoms with van der Waals surface area (Å²) in [6.07, 6.45) is 11.2. The van der Waals surface area contributed by atoms with E-state index in [0.29, 0.717) is 28.0 Å². The van der Waals surface area contributed by atoms with Gasteiger partial charge in [0.05, 0.1) is 18.2 Å². The maximum absolute atomic E-state index is 12.6. The number of hydrogen-bond donors (Lipinski definition) is 1. The van der Waals surface area contributed by atoms with Crippen LogP contribution in [0.25, 0.3) is 44.2 Å². The number of benzene rings is 4. The van der Waals surface area contributed by atoms with Crippen molar-refractivity contribution in [2.24, 2.45) is 0 Å². The van der Waals surface area contributed by atoms with E-state index in [1.54, 1.807) is 25.3 Å². The molecule has 4 aromatic carbocycles. The summed E-state index contributed by atoms with van der Waals surface area (Å²) in [5.41, 5.74) is 8.41. The largest absolute Gasteiger partial charge is 0.508 e. The standard InChI is InChI=1S/C23H26O3.C22H24O3.CH4.BCl3/c1-4-6-7-8-16-9-12-20(17(5-2)13-16)21-14-18-10-11-19(25-3)15-22(18)26-23(21)24;1-3-5-6-7-15-8-11-19(16(4-2)12-15)20-13-17-9-10-18(23)14-21(17)25-22(20)24;;2-1(3)4/h9-15H,4-8H2,1-3H3;8-14,23H,3-7H2,1-2H3;1H4;. The number of ether oxygens (including phenoxy) is 1. The Bertz CT molecular complexity index is 2280. The van der Waals surface area contributed by atoms with Crippen molar-refractivity contribution in [3.63, 3.8) is 0 Å². The highest BCUT2D eigenvalue weighted by molar-refractivity contribution is 7.54. The monoisotopic (exact) mass is 818 g/mol. The molecule has 0 unspecified atom stereocenters. The van der Waals surface area contributed by atoms with Gasteiger partial charge in [0.25, 0.3) is 0 Å². The zero-order valence-electron chi connectivity index (χ0n) is 32.4. The first kappa shape index (κ1) is 46.2. The summed E-state index contributed by atoms with van der Waals surface area (Å²) < 4.78 is 16.2. The molecule has 0 bridgehead atoms. The van der Waals surface area contributed by atoms with Crippen LogP contribution in [0.5, 0.6) is 11.5 Å². The Kier molecular flexibility index (Phi) is 19.1. The lowest BCUT2D eigenvalue weighted by molar-refractivity contribution is 0.414. The molecule has 6 nitrogen and oxygen atoms in total. The average molecular weight is 820 g/mol. The molecule has 6 rings (SSSR count). The van der Waals surface area contributed by atoms with Gasteiger partial charge < -0.3 is 18.7 Å². The van der Waals surface area contributed by atoms with Crippen LogP contribution in [0, 0.1) is 0 Å². The molecule has 0 saturated carbocycles. The summed E-state index contributed by atoms with van der Waals surface area (Å²) in [5.74, 6) is 0.771. The molecule has 0 radical (unpaired) electrons. The predicted octanol–water partition coefficient (Wildman–Crippen LogP) is 13.5. The number of phenols is 1. The number of aromatic hydroxyl groups is 1. The molecule has 0 aliphatic heterocycles. The van der Waals surface area contributed by atoms with Gasteiger partial charge in [0.1, 0.15) is 22.7 Å². The van der Waals surface area contributed by atoms with Crippen LogP contribution >= 0.6 is 34.4 Å². The molecular weight excluding hydrogens is 766 g/mol. The first-order valence-corrected chi connectivity index (χ1v) is 20.4. The second kappa shape index (κ2) is 23.2. The van der Waals surface area contributed by atoms with E-state index in [4.69, 9.17) is 48.0 Å². The molecule has 6 aromatic rings. The second-order valence-electron chi connectivity index (χ2n) is 13.4. The van der Waals surface area contributed by atoms with Gasteiger partial charge in [-0.25, -0.2) is 9.59 Å². The van der Waals surface area contributed by atoms with Crippen LogP contribution in [0.2, 0.25) is 0 Å². The topological polar surface area (TPSA) is 89.9 Å². The van der Waals surface area contributed by atoms with Crippen LogP contribution in [-0.4, -0.2) is 17.2 Å². The van der Waals surface area contributed by atoms with Gasteiger partial charge in [-0.1, -0.05) is 97.2 Å². The summed E-state index contributed by atoms with van der Waals surface area (Å²) >= 11 is 14.4. The first-order valence-electron chi connectivity index (χ1n) is 19.1. The Labute approximate surface area is 346 Å². The molecule has 0 spiro atoms. The first-order chi connectivity index (χ1) is 26.5. The summed E-state index contributed by atoms with van der Waals surface area (Å²) in [6, 6.07) is 27.0. The molecule has 298 valence electrons. The van der Waals surface area contributed by atoms with Crippen molar-refractivity contribution in [3.8, 4) is 33.8 Å². The Morgan fingerprint density at radius 3 is 1.46 bits per heavy atom. The smallest absolute Gasteiger partial charge is 0.450 e. The van der Waals surface area contributed by atoms with Crippen LogP contribution in [-0.2, 0) is 25.7 Å². The Morgan fingerprint density at radius 1 is 0.589 bits per heavy atom. The third kappa shape index (κ3) is 12.9. The van der Waals surface area contributed by atoms with Gasteiger partial charge >= 0.3 is 16.2 Å². The Balaban J connectivity index is 0.000000270. The quantitative estimate of drug-likeness (QED) is 0.0709. The van der Waals surface area contributed by atoms with Crippen LogP contribution in [0.1, 0.15) is 95.9 Å². The maximum atomic E-state index is 12.6. The van der Waals surface area contributed by atoms with E-state index in [0.717, 1.165) is 47.6 Å². The van der Waals surface area contributed by atoms with Crippen LogP contribution in [0.3, 0.4) is 0 Å². The predicted molar refractivity (Wildman–Crippen MR) is 239 cm³/mol. The lowest BCUT2D eigenvalue weighted by atomic mass is 9.94. The number of methoxy groups -OCH3 is 1. The lowest BCUT2D eigenvalue weighted by Gasteiger charge is -2.11. The highest BCUT2D eigenvalue weighted by atomic mass is 35.6. The highest BCUT2D eigenvalue weighted by Crippen LogP contribution is 2.29. The Hall–Kier alpha value is -4.17. The summed E-state index contributed by atoms with van der Waals surface area (Å²) in [4.78, 5) is 24.3. The second-order valence-corrected chi connectivity index (χ2v) is 15.4. The molecule has 0 saturated heterocycles. The molecule has 2 aromatic heterocycles. The SMILES string of the molecule is C.CCCCCc1ccc(-c2cc3ccc(O)cc3oc2=O)c(CC)c1.CCCCCc1ccc(-c2cc3ccc(OC)cc3oc2=O)c(CC)c1.ClB(Cl)Cl. The van der Waals surface area contributed by atoms with Gasteiger partial charge in [-0.05, 0) is 108 Å². The molecule has 10 heteroatoms. The van der Waals surface area contributed by atoms with Crippen molar-refractivity contribution in [2.45, 2.75) is 99.3 Å². The number of hydrogen-bond acceptors (Lipinski definition) is 6. The number of phenolic OH excluding ortho intramolecular Hbond substituents is 1. The van der Waals surface area contributed by atoms with Crippen molar-refractivity contribution < 1.29 is 18.7 Å². The van der Waals surface area contributed by atoms with E-state index < -0.39 is 4.96 Å². The fourth-order valence-corrected chi connectivity index (χ4v) is 6.57. The summed E-state index contributed by atoms with van der Waals surface area (Å²) in [7, 11) is 1.60. The van der Waals surface area contributed by atoms with E-state index in [-0.39, 0.29) is 24.4 Å². The van der Waals surface area contributed by atoms with E-state index in [1.807, 2.05) is 30.3 Å². The number of fused-ring (bicyclic) bond motifs is 2. The van der Waals surface area contributed by atoms with Gasteiger partial charge in [-0.15, -0.1) is 0 Å². The van der Waals surface area contributed by atoms with Crippen LogP contribution in [0.4, 0.5) is 0 Å². The minimum atomic E-state index is -0.750. The minimum Gasteiger partial charge on any atom is -0.508 e. The molecule has 0 aliphatic rings. The number of aryl methyl sites for hydroxylation is 4. The lowest BCUT2D eigenvalue weighted by Crippen LogP contribution is -2.05. The van der Waals surface area contributed by atoms with Gasteiger partial charge in [-0.3, -0.25) is 0 Å². The maximum Gasteiger partial charge on any atom is 0.450 e. The number of unbranched alkanes of at least 4 members (excludes halogenated alkanes) is 4. The number of halogens is 3. The van der Waals surface area contributed by atoms with Crippen molar-refractivity contribution >= 4 is 61.3 Å². The van der Waals surface area contributed by atoms with Crippen molar-refractivity contribution in [1.82, 2.24) is 0 Å². The van der Waals surface area contributed by atoms with E-state index >= 15 is 0 Å². The van der Waals surface area contributed by atoms with Crippen molar-refractivity contribution in [1.29, 1.82) is 0 Å². The average Bonchev–Trinajstić information content (AvgIpc) is 3.17. The zero-order valence-corrected chi connectivity index (χ0v) is 34.6. The molecule has 0 amide bonds. The molecule has 2 heterocycles. The summed E-state index contributed by atoms with van der Waals surface area (Å²) in [6.45, 7) is 8.66. The molecule has 56 heavy (non-hydrogen) atoms. The van der Waals surface area contributed by atoms with Gasteiger partial charge in [0.2, 0.25) is 0 Å². The fraction of sp³-hybridized carbons (Fsp3) is 0.348. The minimum absolute atomic E-state index is 0. The third-order valence-corrected chi connectivity index (χ3v) is 9.48. The van der Waals surface area contributed by atoms with Crippen LogP contribution in [0.15, 0.2) is 103 Å². The van der Waals surface area contributed by atoms with Crippen molar-refractivity contribution in [2.75, 3.05) is 7.11 Å². The van der Waals surface area contributed by atoms with Crippen LogP contribution < -0.4 is 16.0 Å². The van der Waals surface area contributed by atoms with Crippen molar-refractivity contribution in [3.05, 3.63) is 128 Å². The molecule has 0 atom stereocenters. The number of rotatable bonds is 13. The van der Waals surface area contributed by atoms with E-state index in [2.05, 4.69) is 58.0 Å². The molecular formula is C46H54BCl3O6. The third-order valence-electron chi connectivity index (χ3n) is 9.48. The fourth-order valence-electron chi connectivity index (χ4n) is 6.57. The summed E-state index contributed by atoms with van der Waals surface area (Å²) in [5, 5.41) is 11.3. The van der Waals surface area contributed by atoms with Gasteiger partial charge in [0, 0.05) is 22.9 Å². The molecule has 1 N–H and O–H groups in total. The van der Waals surface area contributed by atoms with Gasteiger partial charge in [-0.2, -0.15) is 34.4 Å².